The molecule has 0 unspecified atom stereocenters. The number of aromatic nitrogens is 1. The van der Waals surface area contributed by atoms with E-state index in [0.717, 1.165) is 0 Å². The van der Waals surface area contributed by atoms with Crippen LogP contribution in [0.1, 0.15) is 5.69 Å². The highest BCUT2D eigenvalue weighted by Crippen LogP contribution is 2.15. The monoisotopic (exact) mass is 198 g/mol. The Balaban J connectivity index is 3.05. The Morgan fingerprint density at radius 2 is 2.46 bits per heavy atom. The molecule has 0 spiro atoms. The molecule has 0 aliphatic heterocycles. The highest BCUT2D eigenvalue weighted by atomic mass is 35.5. The van der Waals surface area contributed by atoms with E-state index in [-0.39, 0.29) is 5.69 Å². The fraction of sp³-hybridized carbons (Fsp3) is 0.125. The molecule has 1 aromatic rings. The second kappa shape index (κ2) is 4.57. The van der Waals surface area contributed by atoms with Crippen molar-refractivity contribution in [1.82, 2.24) is 4.98 Å². The maximum atomic E-state index is 10.5. The number of hydrogen-bond donors (Lipinski definition) is 0. The summed E-state index contributed by atoms with van der Waals surface area (Å²) in [5.74, 6) is 0.313. The van der Waals surface area contributed by atoms with Gasteiger partial charge in [-0.25, -0.2) is 4.98 Å². The van der Waals surface area contributed by atoms with Gasteiger partial charge >= 0.3 is 0 Å². The summed E-state index contributed by atoms with van der Waals surface area (Å²) in [4.78, 5) is 13.9. The smallest absolute Gasteiger partial charge is 0.258 e. The van der Waals surface area contributed by atoms with E-state index in [4.69, 9.17) is 11.6 Å². The SMILES string of the molecule is O=[N+]([O-])c1cccnc1C=CCCl. The molecule has 4 nitrogen and oxygen atoms in total. The lowest BCUT2D eigenvalue weighted by Gasteiger charge is -1.94. The maximum Gasteiger partial charge on any atom is 0.294 e. The van der Waals surface area contributed by atoms with Gasteiger partial charge in [0.2, 0.25) is 0 Å². The molecule has 0 N–H and O–H groups in total. The molecule has 0 atom stereocenters. The summed E-state index contributed by atoms with van der Waals surface area (Å²) in [6, 6.07) is 2.93. The predicted molar refractivity (Wildman–Crippen MR) is 50.6 cm³/mol. The minimum Gasteiger partial charge on any atom is -0.258 e. The van der Waals surface area contributed by atoms with Crippen molar-refractivity contribution in [3.63, 3.8) is 0 Å². The maximum absolute atomic E-state index is 10.5. The summed E-state index contributed by atoms with van der Waals surface area (Å²) in [5, 5.41) is 10.5. The highest BCUT2D eigenvalue weighted by molar-refractivity contribution is 6.19. The molecule has 0 fully saturated rings. The van der Waals surface area contributed by atoms with Gasteiger partial charge < -0.3 is 0 Å². The average molecular weight is 199 g/mol. The van der Waals surface area contributed by atoms with Gasteiger partial charge in [0.05, 0.1) is 4.92 Å². The number of halogens is 1. The van der Waals surface area contributed by atoms with Crippen LogP contribution in [-0.2, 0) is 0 Å². The summed E-state index contributed by atoms with van der Waals surface area (Å²) in [5.41, 5.74) is 0.317. The van der Waals surface area contributed by atoms with Gasteiger partial charge in [0.25, 0.3) is 5.69 Å². The quantitative estimate of drug-likeness (QED) is 0.425. The third-order valence-electron chi connectivity index (χ3n) is 1.38. The third-order valence-corrected chi connectivity index (χ3v) is 1.56. The second-order valence-corrected chi connectivity index (χ2v) is 2.53. The summed E-state index contributed by atoms with van der Waals surface area (Å²) < 4.78 is 0. The number of rotatable bonds is 3. The third kappa shape index (κ3) is 2.52. The van der Waals surface area contributed by atoms with Crippen LogP contribution in [0.5, 0.6) is 0 Å². The van der Waals surface area contributed by atoms with Crippen LogP contribution in [0.15, 0.2) is 24.4 Å². The standard InChI is InChI=1S/C8H7ClN2O2/c9-5-1-3-7-8(11(12)13)4-2-6-10-7/h1-4,6H,5H2. The Labute approximate surface area is 80.0 Å². The van der Waals surface area contributed by atoms with Crippen LogP contribution < -0.4 is 0 Å². The molecule has 0 aliphatic carbocycles. The summed E-state index contributed by atoms with van der Waals surface area (Å²) in [6.07, 6.45) is 4.64. The van der Waals surface area contributed by atoms with E-state index in [1.807, 2.05) is 0 Å². The van der Waals surface area contributed by atoms with Crippen LogP contribution >= 0.6 is 11.6 Å². The number of alkyl halides is 1. The van der Waals surface area contributed by atoms with Crippen molar-refractivity contribution < 1.29 is 4.92 Å². The van der Waals surface area contributed by atoms with Crippen molar-refractivity contribution in [3.8, 4) is 0 Å². The molecule has 0 saturated heterocycles. The zero-order valence-corrected chi connectivity index (χ0v) is 7.44. The molecule has 1 rings (SSSR count). The number of nitro groups is 1. The fourth-order valence-electron chi connectivity index (χ4n) is 0.848. The zero-order valence-electron chi connectivity index (χ0n) is 6.68. The van der Waals surface area contributed by atoms with Crippen molar-refractivity contribution in [1.29, 1.82) is 0 Å². The number of allylic oxidation sites excluding steroid dienone is 1. The van der Waals surface area contributed by atoms with Gasteiger partial charge in [0.15, 0.2) is 0 Å². The summed E-state index contributed by atoms with van der Waals surface area (Å²) >= 11 is 5.40. The Bertz CT molecular complexity index is 339. The minimum absolute atomic E-state index is 0.0103. The Morgan fingerprint density at radius 3 is 3.08 bits per heavy atom. The van der Waals surface area contributed by atoms with E-state index in [9.17, 15) is 10.1 Å². The van der Waals surface area contributed by atoms with Gasteiger partial charge in [-0.1, -0.05) is 6.08 Å². The van der Waals surface area contributed by atoms with E-state index in [1.54, 1.807) is 6.08 Å². The molecule has 5 heteroatoms. The summed E-state index contributed by atoms with van der Waals surface area (Å²) in [7, 11) is 0. The molecular formula is C8H7ClN2O2. The van der Waals surface area contributed by atoms with Crippen molar-refractivity contribution in [2.45, 2.75) is 0 Å². The average Bonchev–Trinajstić information content (AvgIpc) is 2.15. The van der Waals surface area contributed by atoms with E-state index in [2.05, 4.69) is 4.98 Å². The number of nitrogens with zero attached hydrogens (tertiary/aromatic N) is 2. The molecule has 0 aliphatic rings. The van der Waals surface area contributed by atoms with Gasteiger partial charge in [-0.15, -0.1) is 11.6 Å². The first kappa shape index (κ1) is 9.67. The van der Waals surface area contributed by atoms with Gasteiger partial charge in [-0.05, 0) is 12.1 Å². The van der Waals surface area contributed by atoms with Crippen LogP contribution in [0.2, 0.25) is 0 Å². The van der Waals surface area contributed by atoms with Crippen LogP contribution in [0.3, 0.4) is 0 Å². The first-order valence-corrected chi connectivity index (χ1v) is 4.11. The van der Waals surface area contributed by atoms with Gasteiger partial charge in [0, 0.05) is 18.1 Å². The predicted octanol–water partition coefficient (Wildman–Crippen LogP) is 2.24. The number of hydrogen-bond acceptors (Lipinski definition) is 3. The van der Waals surface area contributed by atoms with E-state index in [0.29, 0.717) is 11.6 Å². The normalized spacial score (nSPS) is 10.5. The van der Waals surface area contributed by atoms with Gasteiger partial charge in [-0.2, -0.15) is 0 Å². The molecule has 13 heavy (non-hydrogen) atoms. The van der Waals surface area contributed by atoms with E-state index < -0.39 is 4.92 Å². The Hall–Kier alpha value is -1.42. The van der Waals surface area contributed by atoms with E-state index >= 15 is 0 Å². The van der Waals surface area contributed by atoms with Crippen LogP contribution in [-0.4, -0.2) is 15.8 Å². The van der Waals surface area contributed by atoms with E-state index in [1.165, 1.54) is 24.4 Å². The molecular weight excluding hydrogens is 192 g/mol. The minimum atomic E-state index is -0.471. The van der Waals surface area contributed by atoms with Gasteiger partial charge in [-0.3, -0.25) is 10.1 Å². The molecule has 68 valence electrons. The Kier molecular flexibility index (Phi) is 3.40. The largest absolute Gasteiger partial charge is 0.294 e. The molecule has 1 aromatic heterocycles. The molecule has 0 radical (unpaired) electrons. The van der Waals surface area contributed by atoms with Crippen molar-refractivity contribution in [2.24, 2.45) is 0 Å². The highest BCUT2D eigenvalue weighted by Gasteiger charge is 2.10. The molecule has 0 bridgehead atoms. The zero-order chi connectivity index (χ0) is 9.68. The first-order chi connectivity index (χ1) is 6.25. The lowest BCUT2D eigenvalue weighted by atomic mass is 10.3. The topological polar surface area (TPSA) is 56.0 Å². The lowest BCUT2D eigenvalue weighted by Crippen LogP contribution is -1.93. The van der Waals surface area contributed by atoms with Crippen LogP contribution in [0, 0.1) is 10.1 Å². The second-order valence-electron chi connectivity index (χ2n) is 2.22. The molecule has 0 saturated carbocycles. The Morgan fingerprint density at radius 1 is 1.69 bits per heavy atom. The molecule has 1 heterocycles. The summed E-state index contributed by atoms with van der Waals surface area (Å²) in [6.45, 7) is 0. The lowest BCUT2D eigenvalue weighted by molar-refractivity contribution is -0.385. The van der Waals surface area contributed by atoms with Crippen LogP contribution in [0.4, 0.5) is 5.69 Å². The van der Waals surface area contributed by atoms with Crippen molar-refractivity contribution >= 4 is 23.4 Å². The number of pyridine rings is 1. The van der Waals surface area contributed by atoms with Crippen molar-refractivity contribution in [2.75, 3.05) is 5.88 Å². The first-order valence-electron chi connectivity index (χ1n) is 3.57. The van der Waals surface area contributed by atoms with Crippen molar-refractivity contribution in [3.05, 3.63) is 40.2 Å². The fourth-order valence-corrected chi connectivity index (χ4v) is 0.937. The molecule has 0 aromatic carbocycles. The molecule has 0 amide bonds. The van der Waals surface area contributed by atoms with Crippen LogP contribution in [0.25, 0.3) is 6.08 Å². The van der Waals surface area contributed by atoms with Gasteiger partial charge in [0.1, 0.15) is 5.69 Å².